The minimum absolute atomic E-state index is 0.105. The first kappa shape index (κ1) is 20.4. The Bertz CT molecular complexity index is 1290. The lowest BCUT2D eigenvalue weighted by Gasteiger charge is -2.19. The van der Waals surface area contributed by atoms with Gasteiger partial charge in [0.05, 0.1) is 7.11 Å². The molecule has 2 heterocycles. The van der Waals surface area contributed by atoms with Gasteiger partial charge in [-0.2, -0.15) is 0 Å². The van der Waals surface area contributed by atoms with Gasteiger partial charge in [-0.25, -0.2) is 0 Å². The van der Waals surface area contributed by atoms with Crippen molar-refractivity contribution in [3.05, 3.63) is 93.7 Å². The van der Waals surface area contributed by atoms with E-state index in [1.54, 1.807) is 38.3 Å². The predicted molar refractivity (Wildman–Crippen MR) is 117 cm³/mol. The predicted octanol–water partition coefficient (Wildman–Crippen LogP) is 3.86. The number of ether oxygens (including phenoxy) is 1. The summed E-state index contributed by atoms with van der Waals surface area (Å²) >= 11 is 0. The van der Waals surface area contributed by atoms with Gasteiger partial charge in [0, 0.05) is 35.3 Å². The molecule has 3 N–H and O–H groups in total. The fourth-order valence-corrected chi connectivity index (χ4v) is 3.56. The summed E-state index contributed by atoms with van der Waals surface area (Å²) in [7, 11) is 1.54. The van der Waals surface area contributed by atoms with Crippen molar-refractivity contribution in [3.63, 3.8) is 0 Å². The van der Waals surface area contributed by atoms with E-state index in [4.69, 9.17) is 9.15 Å². The van der Waals surface area contributed by atoms with Crippen LogP contribution in [0.5, 0.6) is 11.5 Å². The van der Waals surface area contributed by atoms with Crippen LogP contribution in [-0.4, -0.2) is 23.0 Å². The fourth-order valence-electron chi connectivity index (χ4n) is 3.56. The molecule has 0 amide bonds. The Kier molecular flexibility index (Phi) is 5.60. The molecule has 4 aromatic rings. The molecule has 0 spiro atoms. The van der Waals surface area contributed by atoms with Crippen molar-refractivity contribution >= 4 is 16.7 Å². The number of carbonyl (C=O) groups is 1. The number of aromatic amines is 1. The number of H-pyrrole nitrogens is 1. The first-order chi connectivity index (χ1) is 15.0. The molecule has 2 aromatic heterocycles. The molecule has 0 aliphatic carbocycles. The van der Waals surface area contributed by atoms with Crippen molar-refractivity contribution in [2.75, 3.05) is 7.11 Å². The summed E-state index contributed by atoms with van der Waals surface area (Å²) in [6.07, 6.45) is 1.85. The molecule has 1 atom stereocenters. The Morgan fingerprint density at radius 3 is 2.71 bits per heavy atom. The second kappa shape index (κ2) is 8.49. The molecule has 0 radical (unpaired) electrons. The Labute approximate surface area is 178 Å². The summed E-state index contributed by atoms with van der Waals surface area (Å²) in [5, 5.41) is 14.6. The average Bonchev–Trinajstić information content (AvgIpc) is 3.26. The van der Waals surface area contributed by atoms with Crippen LogP contribution in [0, 0.1) is 6.92 Å². The lowest BCUT2D eigenvalue weighted by molar-refractivity contribution is 0.0925. The number of aromatic hydroxyl groups is 1. The highest BCUT2D eigenvalue weighted by Gasteiger charge is 2.29. The number of rotatable bonds is 7. The molecule has 7 nitrogen and oxygen atoms in total. The summed E-state index contributed by atoms with van der Waals surface area (Å²) in [4.78, 5) is 28.7. The van der Waals surface area contributed by atoms with Gasteiger partial charge in [-0.15, -0.1) is 0 Å². The highest BCUT2D eigenvalue weighted by Crippen LogP contribution is 2.27. The number of carbonyl (C=O) groups excluding carboxylic acids is 1. The van der Waals surface area contributed by atoms with Gasteiger partial charge < -0.3 is 19.2 Å². The summed E-state index contributed by atoms with van der Waals surface area (Å²) in [5.74, 6) is -0.102. The summed E-state index contributed by atoms with van der Waals surface area (Å²) in [6.45, 7) is 1.92. The molecule has 0 aliphatic rings. The third-order valence-corrected chi connectivity index (χ3v) is 5.15. The van der Waals surface area contributed by atoms with Crippen molar-refractivity contribution < 1.29 is 19.1 Å². The van der Waals surface area contributed by atoms with Gasteiger partial charge >= 0.3 is 0 Å². The number of nitrogens with one attached hydrogen (secondary N) is 2. The van der Waals surface area contributed by atoms with Gasteiger partial charge in [0.15, 0.2) is 11.5 Å². The van der Waals surface area contributed by atoms with Crippen LogP contribution in [0.3, 0.4) is 0 Å². The van der Waals surface area contributed by atoms with E-state index in [9.17, 15) is 14.7 Å². The smallest absolute Gasteiger partial charge is 0.227 e. The van der Waals surface area contributed by atoms with Gasteiger partial charge in [-0.1, -0.05) is 12.1 Å². The van der Waals surface area contributed by atoms with E-state index in [1.165, 1.54) is 6.07 Å². The number of fused-ring (bicyclic) bond motifs is 1. The molecule has 158 valence electrons. The lowest BCUT2D eigenvalue weighted by Crippen LogP contribution is -2.29. The van der Waals surface area contributed by atoms with Crippen LogP contribution in [0.15, 0.2) is 70.0 Å². The van der Waals surface area contributed by atoms with Crippen LogP contribution in [0.1, 0.15) is 33.5 Å². The van der Waals surface area contributed by atoms with Gasteiger partial charge in [-0.05, 0) is 48.9 Å². The molecule has 2 aromatic carbocycles. The van der Waals surface area contributed by atoms with Crippen LogP contribution in [-0.2, 0) is 6.54 Å². The molecule has 0 aliphatic heterocycles. The molecular formula is C24H22N2O5. The largest absolute Gasteiger partial charge is 0.502 e. The Hall–Kier alpha value is -3.84. The standard InChI is InChI=1S/C24H22N2O5/c1-14-12-20(27)23(29)24(31-14)21(22(28)15-6-8-17(30-2)9-7-15)26-13-16-4-3-5-19-18(16)10-11-25-19/h3-12,21,25-26,29H,13H2,1-2H3. The Balaban J connectivity index is 1.72. The minimum Gasteiger partial charge on any atom is -0.502 e. The number of aromatic nitrogens is 1. The number of benzene rings is 2. The second-order valence-corrected chi connectivity index (χ2v) is 7.20. The molecule has 31 heavy (non-hydrogen) atoms. The van der Waals surface area contributed by atoms with Crippen molar-refractivity contribution in [3.8, 4) is 11.5 Å². The molecule has 0 fully saturated rings. The molecule has 4 rings (SSSR count). The van der Waals surface area contributed by atoms with Crippen LogP contribution < -0.4 is 15.5 Å². The number of methoxy groups -OCH3 is 1. The fraction of sp³-hybridized carbons (Fsp3) is 0.167. The normalized spacial score (nSPS) is 12.1. The Morgan fingerprint density at radius 1 is 1.19 bits per heavy atom. The van der Waals surface area contributed by atoms with E-state index >= 15 is 0 Å². The number of ketones is 1. The summed E-state index contributed by atoms with van der Waals surface area (Å²) < 4.78 is 10.8. The molecule has 1 unspecified atom stereocenters. The van der Waals surface area contributed by atoms with Crippen LogP contribution in [0.4, 0.5) is 0 Å². The van der Waals surface area contributed by atoms with Gasteiger partial charge in [0.2, 0.25) is 11.2 Å². The maximum absolute atomic E-state index is 13.4. The van der Waals surface area contributed by atoms with Gasteiger partial charge in [0.25, 0.3) is 0 Å². The van der Waals surface area contributed by atoms with E-state index in [2.05, 4.69) is 10.3 Å². The maximum Gasteiger partial charge on any atom is 0.227 e. The third kappa shape index (κ3) is 4.08. The second-order valence-electron chi connectivity index (χ2n) is 7.20. The molecular weight excluding hydrogens is 396 g/mol. The molecule has 0 saturated carbocycles. The zero-order valence-corrected chi connectivity index (χ0v) is 17.1. The van der Waals surface area contributed by atoms with E-state index in [-0.39, 0.29) is 11.5 Å². The SMILES string of the molecule is COc1ccc(C(=O)C(NCc2cccc3[nH]ccc23)c2oc(C)cc(=O)c2O)cc1. The monoisotopic (exact) mass is 418 g/mol. The van der Waals surface area contributed by atoms with E-state index in [0.29, 0.717) is 23.6 Å². The minimum atomic E-state index is -1.06. The van der Waals surface area contributed by atoms with Crippen LogP contribution in [0.25, 0.3) is 10.9 Å². The number of hydrogen-bond donors (Lipinski definition) is 3. The lowest BCUT2D eigenvalue weighted by atomic mass is 10.00. The van der Waals surface area contributed by atoms with Crippen molar-refractivity contribution in [1.82, 2.24) is 10.3 Å². The number of Topliss-reactive ketones (excluding diaryl/α,β-unsaturated/α-hetero) is 1. The molecule has 7 heteroatoms. The van der Waals surface area contributed by atoms with Crippen molar-refractivity contribution in [2.45, 2.75) is 19.5 Å². The summed E-state index contributed by atoms with van der Waals surface area (Å²) in [6, 6.07) is 14.5. The Morgan fingerprint density at radius 2 is 1.97 bits per heavy atom. The molecule has 0 saturated heterocycles. The molecule has 0 bridgehead atoms. The van der Waals surface area contributed by atoms with Gasteiger partial charge in [-0.3, -0.25) is 14.9 Å². The third-order valence-electron chi connectivity index (χ3n) is 5.15. The topological polar surface area (TPSA) is 105 Å². The van der Waals surface area contributed by atoms with Crippen LogP contribution in [0.2, 0.25) is 0 Å². The highest BCUT2D eigenvalue weighted by atomic mass is 16.5. The first-order valence-electron chi connectivity index (χ1n) is 9.78. The quantitative estimate of drug-likeness (QED) is 0.394. The van der Waals surface area contributed by atoms with E-state index in [1.807, 2.05) is 30.5 Å². The van der Waals surface area contributed by atoms with E-state index in [0.717, 1.165) is 16.5 Å². The number of aryl methyl sites for hydroxylation is 1. The maximum atomic E-state index is 13.4. The average molecular weight is 418 g/mol. The van der Waals surface area contributed by atoms with Crippen molar-refractivity contribution in [1.29, 1.82) is 0 Å². The van der Waals surface area contributed by atoms with Crippen LogP contribution >= 0.6 is 0 Å². The summed E-state index contributed by atoms with van der Waals surface area (Å²) in [5.41, 5.74) is 1.73. The highest BCUT2D eigenvalue weighted by molar-refractivity contribution is 6.00. The van der Waals surface area contributed by atoms with Crippen molar-refractivity contribution in [2.24, 2.45) is 0 Å². The zero-order chi connectivity index (χ0) is 22.0. The zero-order valence-electron chi connectivity index (χ0n) is 17.1. The van der Waals surface area contributed by atoms with E-state index < -0.39 is 17.2 Å². The van der Waals surface area contributed by atoms with Gasteiger partial charge in [0.1, 0.15) is 17.6 Å². The number of hydrogen-bond acceptors (Lipinski definition) is 6. The first-order valence-corrected chi connectivity index (χ1v) is 9.78.